The van der Waals surface area contributed by atoms with Crippen molar-refractivity contribution >= 4 is 37.6 Å². The van der Waals surface area contributed by atoms with Crippen molar-refractivity contribution in [3.05, 3.63) is 33.8 Å². The van der Waals surface area contributed by atoms with Crippen LogP contribution in [0, 0.1) is 0 Å². The van der Waals surface area contributed by atoms with Gasteiger partial charge in [0.2, 0.25) is 0 Å². The van der Waals surface area contributed by atoms with E-state index in [1.54, 1.807) is 0 Å². The highest BCUT2D eigenvalue weighted by Crippen LogP contribution is 2.24. The van der Waals surface area contributed by atoms with E-state index in [0.29, 0.717) is 0 Å². The predicted octanol–water partition coefficient (Wildman–Crippen LogP) is 3.98. The molecule has 0 amide bonds. The summed E-state index contributed by atoms with van der Waals surface area (Å²) in [6.45, 7) is 3.90. The molecule has 0 spiro atoms. The van der Waals surface area contributed by atoms with E-state index < -0.39 is 0 Å². The van der Waals surface area contributed by atoms with E-state index in [2.05, 4.69) is 38.8 Å². The highest BCUT2D eigenvalue weighted by Gasteiger charge is 2.17. The van der Waals surface area contributed by atoms with E-state index >= 15 is 0 Å². The number of aryl methyl sites for hydroxylation is 1. The summed E-state index contributed by atoms with van der Waals surface area (Å²) in [6, 6.07) is 5.85. The van der Waals surface area contributed by atoms with Crippen LogP contribution in [0.3, 0.4) is 0 Å². The van der Waals surface area contributed by atoms with Gasteiger partial charge in [-0.2, -0.15) is 0 Å². The molecule has 3 heteroatoms. The molecule has 0 radical (unpaired) electrons. The van der Waals surface area contributed by atoms with Gasteiger partial charge in [-0.3, -0.25) is 4.79 Å². The molecule has 0 aliphatic heterocycles. The minimum absolute atomic E-state index is 0.133. The highest BCUT2D eigenvalue weighted by molar-refractivity contribution is 9.10. The number of carbonyl (C=O) groups excluding carboxylic acids is 1. The summed E-state index contributed by atoms with van der Waals surface area (Å²) in [4.78, 5) is 11.7. The summed E-state index contributed by atoms with van der Waals surface area (Å²) in [5.41, 5.74) is 1.90. The second kappa shape index (κ2) is 5.08. The van der Waals surface area contributed by atoms with Crippen LogP contribution in [0.2, 0.25) is 0 Å². The zero-order valence-electron chi connectivity index (χ0n) is 8.18. The van der Waals surface area contributed by atoms with Gasteiger partial charge in [0.05, 0.1) is 4.83 Å². The van der Waals surface area contributed by atoms with Crippen molar-refractivity contribution in [1.29, 1.82) is 0 Å². The van der Waals surface area contributed by atoms with E-state index in [4.69, 9.17) is 0 Å². The SMILES string of the molecule is CCc1cccc(Br)c1C(=O)C(C)Br. The minimum atomic E-state index is -0.133. The van der Waals surface area contributed by atoms with Crippen molar-refractivity contribution in [2.75, 3.05) is 0 Å². The summed E-state index contributed by atoms with van der Waals surface area (Å²) >= 11 is 6.72. The average Bonchev–Trinajstić information content (AvgIpc) is 2.16. The van der Waals surface area contributed by atoms with Crippen LogP contribution in [0.15, 0.2) is 22.7 Å². The van der Waals surface area contributed by atoms with E-state index in [1.807, 2.05) is 25.1 Å². The average molecular weight is 320 g/mol. The lowest BCUT2D eigenvalue weighted by Gasteiger charge is -2.10. The third-order valence-corrected chi connectivity index (χ3v) is 3.17. The fraction of sp³-hybridized carbons (Fsp3) is 0.364. The number of halogens is 2. The maximum atomic E-state index is 11.9. The first-order valence-corrected chi connectivity index (χ1v) is 6.24. The molecule has 0 bridgehead atoms. The third-order valence-electron chi connectivity index (χ3n) is 2.09. The number of hydrogen-bond donors (Lipinski definition) is 0. The van der Waals surface area contributed by atoms with Gasteiger partial charge in [-0.15, -0.1) is 0 Å². The second-order valence-corrected chi connectivity index (χ2v) is 5.34. The minimum Gasteiger partial charge on any atom is -0.293 e. The zero-order chi connectivity index (χ0) is 10.7. The Kier molecular flexibility index (Phi) is 4.32. The Balaban J connectivity index is 3.23. The van der Waals surface area contributed by atoms with Crippen molar-refractivity contribution in [1.82, 2.24) is 0 Å². The molecule has 0 saturated carbocycles. The van der Waals surface area contributed by atoms with Crippen LogP contribution in [0.1, 0.15) is 29.8 Å². The van der Waals surface area contributed by atoms with Crippen molar-refractivity contribution in [2.45, 2.75) is 25.1 Å². The number of hydrogen-bond acceptors (Lipinski definition) is 1. The zero-order valence-corrected chi connectivity index (χ0v) is 11.4. The number of ketones is 1. The Bertz CT molecular complexity index is 345. The van der Waals surface area contributed by atoms with Crippen LogP contribution in [0.5, 0.6) is 0 Å². The van der Waals surface area contributed by atoms with Gasteiger partial charge in [0.1, 0.15) is 0 Å². The van der Waals surface area contributed by atoms with Crippen molar-refractivity contribution < 1.29 is 4.79 Å². The van der Waals surface area contributed by atoms with Gasteiger partial charge in [0, 0.05) is 10.0 Å². The van der Waals surface area contributed by atoms with Crippen LogP contribution in [0.25, 0.3) is 0 Å². The largest absolute Gasteiger partial charge is 0.293 e. The molecule has 76 valence electrons. The van der Waals surface area contributed by atoms with Gasteiger partial charge in [-0.1, -0.05) is 50.9 Å². The monoisotopic (exact) mass is 318 g/mol. The molecule has 0 aromatic heterocycles. The second-order valence-electron chi connectivity index (χ2n) is 3.11. The Morgan fingerprint density at radius 2 is 2.14 bits per heavy atom. The molecule has 1 aromatic carbocycles. The number of carbonyl (C=O) groups is 1. The number of benzene rings is 1. The predicted molar refractivity (Wildman–Crippen MR) is 66.2 cm³/mol. The normalized spacial score (nSPS) is 12.6. The number of Topliss-reactive ketones (excluding diaryl/α,β-unsaturated/α-hetero) is 1. The Labute approximate surface area is 101 Å². The Hall–Kier alpha value is -0.150. The lowest BCUT2D eigenvalue weighted by atomic mass is 10.0. The molecule has 0 aliphatic carbocycles. The summed E-state index contributed by atoms with van der Waals surface area (Å²) in [5, 5.41) is 0. The fourth-order valence-electron chi connectivity index (χ4n) is 1.34. The first-order valence-electron chi connectivity index (χ1n) is 4.53. The molecule has 0 N–H and O–H groups in total. The van der Waals surface area contributed by atoms with Crippen molar-refractivity contribution in [3.63, 3.8) is 0 Å². The standard InChI is InChI=1S/C11H12Br2O/c1-3-8-5-4-6-9(13)10(8)11(14)7(2)12/h4-7H,3H2,1-2H3. The molecule has 1 atom stereocenters. The number of alkyl halides is 1. The molecule has 0 heterocycles. The summed E-state index contributed by atoms with van der Waals surface area (Å²) in [5.74, 6) is 0.134. The molecular weight excluding hydrogens is 308 g/mol. The first kappa shape index (κ1) is 11.9. The topological polar surface area (TPSA) is 17.1 Å². The fourth-order valence-corrected chi connectivity index (χ4v) is 2.17. The molecule has 1 nitrogen and oxygen atoms in total. The Morgan fingerprint density at radius 1 is 1.50 bits per heavy atom. The third kappa shape index (κ3) is 2.45. The van der Waals surface area contributed by atoms with Gasteiger partial charge in [0.15, 0.2) is 5.78 Å². The van der Waals surface area contributed by atoms with Gasteiger partial charge < -0.3 is 0 Å². The van der Waals surface area contributed by atoms with Crippen LogP contribution < -0.4 is 0 Å². The smallest absolute Gasteiger partial charge is 0.177 e. The lowest BCUT2D eigenvalue weighted by molar-refractivity contribution is 0.0994. The lowest BCUT2D eigenvalue weighted by Crippen LogP contribution is -2.13. The van der Waals surface area contributed by atoms with E-state index in [0.717, 1.165) is 22.0 Å². The van der Waals surface area contributed by atoms with Gasteiger partial charge in [-0.05, 0) is 25.0 Å². The van der Waals surface area contributed by atoms with Crippen molar-refractivity contribution in [3.8, 4) is 0 Å². The van der Waals surface area contributed by atoms with Crippen LogP contribution in [-0.4, -0.2) is 10.6 Å². The quantitative estimate of drug-likeness (QED) is 0.608. The Morgan fingerprint density at radius 3 is 2.64 bits per heavy atom. The molecule has 14 heavy (non-hydrogen) atoms. The van der Waals surface area contributed by atoms with Crippen LogP contribution >= 0.6 is 31.9 Å². The van der Waals surface area contributed by atoms with Gasteiger partial charge in [-0.25, -0.2) is 0 Å². The first-order chi connectivity index (χ1) is 6.57. The molecule has 0 saturated heterocycles. The van der Waals surface area contributed by atoms with E-state index in [9.17, 15) is 4.79 Å². The van der Waals surface area contributed by atoms with Crippen LogP contribution in [0.4, 0.5) is 0 Å². The summed E-state index contributed by atoms with van der Waals surface area (Å²) in [7, 11) is 0. The molecule has 1 aromatic rings. The summed E-state index contributed by atoms with van der Waals surface area (Å²) < 4.78 is 0.883. The maximum Gasteiger partial charge on any atom is 0.177 e. The highest BCUT2D eigenvalue weighted by atomic mass is 79.9. The number of rotatable bonds is 3. The maximum absolute atomic E-state index is 11.9. The van der Waals surface area contributed by atoms with E-state index in [-0.39, 0.29) is 10.6 Å². The van der Waals surface area contributed by atoms with Gasteiger partial charge in [0.25, 0.3) is 0 Å². The molecule has 1 rings (SSSR count). The molecular formula is C11H12Br2O. The molecule has 1 unspecified atom stereocenters. The molecule has 0 fully saturated rings. The molecule has 0 aliphatic rings. The summed E-state index contributed by atoms with van der Waals surface area (Å²) in [6.07, 6.45) is 0.875. The van der Waals surface area contributed by atoms with E-state index in [1.165, 1.54) is 0 Å². The van der Waals surface area contributed by atoms with Crippen LogP contribution in [-0.2, 0) is 6.42 Å². The van der Waals surface area contributed by atoms with Gasteiger partial charge >= 0.3 is 0 Å². The van der Waals surface area contributed by atoms with Crippen molar-refractivity contribution in [2.24, 2.45) is 0 Å².